The fourth-order valence-corrected chi connectivity index (χ4v) is 2.21. The normalized spacial score (nSPS) is 12.4. The average Bonchev–Trinajstić information content (AvgIpc) is 2.89. The van der Waals surface area contributed by atoms with Crippen LogP contribution in [0.5, 0.6) is 0 Å². The lowest BCUT2D eigenvalue weighted by Crippen LogP contribution is -2.29. The second kappa shape index (κ2) is 7.37. The van der Waals surface area contributed by atoms with Gasteiger partial charge in [0.2, 0.25) is 0 Å². The predicted molar refractivity (Wildman–Crippen MR) is 86.1 cm³/mol. The number of aliphatic hydroxyl groups is 1. The highest BCUT2D eigenvalue weighted by molar-refractivity contribution is 5.92. The Hall–Kier alpha value is -2.21. The molecule has 0 aliphatic heterocycles. The van der Waals surface area contributed by atoms with E-state index in [0.29, 0.717) is 18.7 Å². The minimum absolute atomic E-state index is 0.154. The third-order valence-electron chi connectivity index (χ3n) is 3.67. The van der Waals surface area contributed by atoms with Crippen molar-refractivity contribution in [2.75, 3.05) is 6.54 Å². The van der Waals surface area contributed by atoms with Crippen LogP contribution in [-0.2, 0) is 0 Å². The zero-order valence-electron chi connectivity index (χ0n) is 13.6. The average molecular weight is 319 g/mol. The number of aryl methyl sites for hydroxylation is 1. The van der Waals surface area contributed by atoms with Gasteiger partial charge in [0.15, 0.2) is 5.69 Å². The second-order valence-electron chi connectivity index (χ2n) is 5.92. The maximum atomic E-state index is 13.3. The molecule has 5 nitrogen and oxygen atoms in total. The number of hydrogen-bond donors (Lipinski definition) is 2. The standard InChI is InChI=1S/C17H22FN3O2/c1-11(2)16(22)7-8-19-17(23)15-9-12(3)21(20-15)14-6-4-5-13(18)10-14/h4-6,9-11,16,22H,7-8H2,1-3H3,(H,19,23). The summed E-state index contributed by atoms with van der Waals surface area (Å²) in [6.07, 6.45) is 0.0504. The quantitative estimate of drug-likeness (QED) is 0.859. The maximum Gasteiger partial charge on any atom is 0.271 e. The van der Waals surface area contributed by atoms with Gasteiger partial charge in [-0.15, -0.1) is 0 Å². The maximum absolute atomic E-state index is 13.3. The Morgan fingerprint density at radius 1 is 1.39 bits per heavy atom. The molecule has 0 aliphatic rings. The van der Waals surface area contributed by atoms with E-state index in [1.165, 1.54) is 16.8 Å². The third-order valence-corrected chi connectivity index (χ3v) is 3.67. The van der Waals surface area contributed by atoms with Gasteiger partial charge in [-0.25, -0.2) is 9.07 Å². The first-order valence-corrected chi connectivity index (χ1v) is 7.67. The summed E-state index contributed by atoms with van der Waals surface area (Å²) in [6, 6.07) is 7.69. The number of nitrogens with one attached hydrogen (secondary N) is 1. The minimum Gasteiger partial charge on any atom is -0.393 e. The van der Waals surface area contributed by atoms with Crippen molar-refractivity contribution in [2.24, 2.45) is 5.92 Å². The number of amides is 1. The summed E-state index contributed by atoms with van der Waals surface area (Å²) in [6.45, 7) is 6.04. The van der Waals surface area contributed by atoms with E-state index in [-0.39, 0.29) is 23.3 Å². The SMILES string of the molecule is Cc1cc(C(=O)NCCC(O)C(C)C)nn1-c1cccc(F)c1. The van der Waals surface area contributed by atoms with E-state index in [2.05, 4.69) is 10.4 Å². The molecular weight excluding hydrogens is 297 g/mol. The molecule has 1 amide bonds. The molecule has 0 spiro atoms. The van der Waals surface area contributed by atoms with Gasteiger partial charge in [0, 0.05) is 12.2 Å². The monoisotopic (exact) mass is 319 g/mol. The first-order chi connectivity index (χ1) is 10.9. The zero-order chi connectivity index (χ0) is 17.0. The van der Waals surface area contributed by atoms with Crippen LogP contribution in [0.1, 0.15) is 36.5 Å². The van der Waals surface area contributed by atoms with Gasteiger partial charge >= 0.3 is 0 Å². The van der Waals surface area contributed by atoms with Crippen LogP contribution in [0.15, 0.2) is 30.3 Å². The van der Waals surface area contributed by atoms with Crippen LogP contribution < -0.4 is 5.32 Å². The number of hydrogen-bond acceptors (Lipinski definition) is 3. The molecule has 0 fully saturated rings. The number of benzene rings is 1. The van der Waals surface area contributed by atoms with Crippen LogP contribution >= 0.6 is 0 Å². The largest absolute Gasteiger partial charge is 0.393 e. The van der Waals surface area contributed by atoms with Gasteiger partial charge < -0.3 is 10.4 Å². The number of rotatable bonds is 6. The van der Waals surface area contributed by atoms with Gasteiger partial charge in [0.1, 0.15) is 5.82 Å². The molecule has 0 aliphatic carbocycles. The lowest BCUT2D eigenvalue weighted by atomic mass is 10.0. The van der Waals surface area contributed by atoms with E-state index in [1.54, 1.807) is 25.1 Å². The highest BCUT2D eigenvalue weighted by atomic mass is 19.1. The first-order valence-electron chi connectivity index (χ1n) is 7.67. The van der Waals surface area contributed by atoms with Crippen LogP contribution in [0.2, 0.25) is 0 Å². The molecule has 1 atom stereocenters. The summed E-state index contributed by atoms with van der Waals surface area (Å²) < 4.78 is 14.8. The van der Waals surface area contributed by atoms with Crippen molar-refractivity contribution in [3.8, 4) is 5.69 Å². The highest BCUT2D eigenvalue weighted by Gasteiger charge is 2.14. The third kappa shape index (κ3) is 4.39. The Kier molecular flexibility index (Phi) is 5.50. The van der Waals surface area contributed by atoms with Crippen molar-refractivity contribution >= 4 is 5.91 Å². The first kappa shape index (κ1) is 17.1. The minimum atomic E-state index is -0.443. The van der Waals surface area contributed by atoms with E-state index in [0.717, 1.165) is 5.69 Å². The smallest absolute Gasteiger partial charge is 0.271 e. The molecule has 0 saturated heterocycles. The van der Waals surface area contributed by atoms with Gasteiger partial charge in [0.25, 0.3) is 5.91 Å². The highest BCUT2D eigenvalue weighted by Crippen LogP contribution is 2.13. The van der Waals surface area contributed by atoms with Crippen molar-refractivity contribution < 1.29 is 14.3 Å². The molecular formula is C17H22FN3O2. The number of aromatic nitrogens is 2. The van der Waals surface area contributed by atoms with Crippen LogP contribution in [0.25, 0.3) is 5.69 Å². The molecule has 2 N–H and O–H groups in total. The van der Waals surface area contributed by atoms with E-state index in [1.807, 2.05) is 13.8 Å². The Balaban J connectivity index is 2.04. The summed E-state index contributed by atoms with van der Waals surface area (Å²) in [5.41, 5.74) is 1.57. The molecule has 1 unspecified atom stereocenters. The molecule has 1 heterocycles. The molecule has 2 rings (SSSR count). The van der Waals surface area contributed by atoms with Gasteiger partial charge in [-0.2, -0.15) is 5.10 Å². The van der Waals surface area contributed by atoms with E-state index in [4.69, 9.17) is 0 Å². The van der Waals surface area contributed by atoms with Crippen molar-refractivity contribution in [3.05, 3.63) is 47.5 Å². The van der Waals surface area contributed by atoms with Crippen LogP contribution in [0, 0.1) is 18.7 Å². The molecule has 1 aromatic heterocycles. The molecule has 23 heavy (non-hydrogen) atoms. The van der Waals surface area contributed by atoms with E-state index in [9.17, 15) is 14.3 Å². The Bertz CT molecular complexity index is 682. The summed E-state index contributed by atoms with van der Waals surface area (Å²) in [5, 5.41) is 16.7. The Labute approximate surface area is 135 Å². The summed E-state index contributed by atoms with van der Waals surface area (Å²) in [4.78, 5) is 12.1. The molecule has 124 valence electrons. The molecule has 1 aromatic carbocycles. The van der Waals surface area contributed by atoms with Crippen molar-refractivity contribution in [1.29, 1.82) is 0 Å². The lowest BCUT2D eigenvalue weighted by Gasteiger charge is -2.14. The number of halogens is 1. The number of carbonyl (C=O) groups is 1. The van der Waals surface area contributed by atoms with Crippen molar-refractivity contribution in [2.45, 2.75) is 33.3 Å². The summed E-state index contributed by atoms with van der Waals surface area (Å²) in [5.74, 6) is -0.508. The lowest BCUT2D eigenvalue weighted by molar-refractivity contribution is 0.0915. The second-order valence-corrected chi connectivity index (χ2v) is 5.92. The Morgan fingerprint density at radius 3 is 2.78 bits per heavy atom. The van der Waals surface area contributed by atoms with Crippen LogP contribution in [-0.4, -0.2) is 33.4 Å². The molecule has 0 radical (unpaired) electrons. The Morgan fingerprint density at radius 2 is 2.13 bits per heavy atom. The fraction of sp³-hybridized carbons (Fsp3) is 0.412. The van der Waals surface area contributed by atoms with Crippen LogP contribution in [0.4, 0.5) is 4.39 Å². The van der Waals surface area contributed by atoms with Gasteiger partial charge in [0.05, 0.1) is 11.8 Å². The number of carbonyl (C=O) groups excluding carboxylic acids is 1. The summed E-state index contributed by atoms with van der Waals surface area (Å²) in [7, 11) is 0. The van der Waals surface area contributed by atoms with Gasteiger partial charge in [-0.1, -0.05) is 19.9 Å². The number of aliphatic hydroxyl groups excluding tert-OH is 1. The fourth-order valence-electron chi connectivity index (χ4n) is 2.21. The molecule has 0 saturated carbocycles. The van der Waals surface area contributed by atoms with Gasteiger partial charge in [-0.05, 0) is 43.5 Å². The van der Waals surface area contributed by atoms with Crippen LogP contribution in [0.3, 0.4) is 0 Å². The van der Waals surface area contributed by atoms with Crippen molar-refractivity contribution in [1.82, 2.24) is 15.1 Å². The topological polar surface area (TPSA) is 67.2 Å². The van der Waals surface area contributed by atoms with E-state index < -0.39 is 6.10 Å². The van der Waals surface area contributed by atoms with Gasteiger partial charge in [-0.3, -0.25) is 4.79 Å². The zero-order valence-corrected chi connectivity index (χ0v) is 13.6. The summed E-state index contributed by atoms with van der Waals surface area (Å²) >= 11 is 0. The van der Waals surface area contributed by atoms with E-state index >= 15 is 0 Å². The number of nitrogens with zero attached hydrogens (tertiary/aromatic N) is 2. The van der Waals surface area contributed by atoms with Crippen molar-refractivity contribution in [3.63, 3.8) is 0 Å². The molecule has 0 bridgehead atoms. The molecule has 2 aromatic rings. The molecule has 6 heteroatoms. The predicted octanol–water partition coefficient (Wildman–Crippen LogP) is 2.46.